The molecule has 1 amide bonds. The molecule has 0 unspecified atom stereocenters. The van der Waals surface area contributed by atoms with E-state index in [2.05, 4.69) is 24.8 Å². The summed E-state index contributed by atoms with van der Waals surface area (Å²) < 4.78 is 0. The molecule has 1 fully saturated rings. The van der Waals surface area contributed by atoms with Gasteiger partial charge >= 0.3 is 0 Å². The number of likely N-dealkylation sites (N-methyl/N-ethyl adjacent to an activating group) is 1. The van der Waals surface area contributed by atoms with Crippen molar-refractivity contribution >= 4 is 33.7 Å². The molecule has 8 nitrogen and oxygen atoms in total. The Morgan fingerprint density at radius 1 is 1.19 bits per heavy atom. The van der Waals surface area contributed by atoms with Gasteiger partial charge in [0.05, 0.1) is 40.7 Å². The summed E-state index contributed by atoms with van der Waals surface area (Å²) in [5.74, 6) is -0.127. The van der Waals surface area contributed by atoms with E-state index in [4.69, 9.17) is 0 Å². The van der Waals surface area contributed by atoms with Gasteiger partial charge in [-0.2, -0.15) is 0 Å². The van der Waals surface area contributed by atoms with Crippen LogP contribution in [0.3, 0.4) is 0 Å². The van der Waals surface area contributed by atoms with Crippen LogP contribution in [0.1, 0.15) is 23.2 Å². The Morgan fingerprint density at radius 3 is 3.00 bits per heavy atom. The number of fused-ring (bicyclic) bond motifs is 2. The largest absolute Gasteiger partial charge is 0.386 e. The van der Waals surface area contributed by atoms with Crippen LogP contribution in [-0.2, 0) is 0 Å². The van der Waals surface area contributed by atoms with Crippen LogP contribution in [0.15, 0.2) is 55.1 Å². The van der Waals surface area contributed by atoms with Gasteiger partial charge in [0, 0.05) is 38.1 Å². The first-order valence-corrected chi connectivity index (χ1v) is 10.4. The average molecular weight is 416 g/mol. The van der Waals surface area contributed by atoms with E-state index in [1.165, 1.54) is 0 Å². The molecule has 5 rings (SSSR count). The number of H-pyrrole nitrogens is 1. The van der Waals surface area contributed by atoms with Crippen molar-refractivity contribution in [2.24, 2.45) is 0 Å². The summed E-state index contributed by atoms with van der Waals surface area (Å²) in [6, 6.07) is 11.1. The van der Waals surface area contributed by atoms with Crippen molar-refractivity contribution in [1.29, 1.82) is 0 Å². The third-order valence-electron chi connectivity index (χ3n) is 5.92. The zero-order valence-corrected chi connectivity index (χ0v) is 17.3. The number of amides is 1. The predicted octanol–water partition coefficient (Wildman–Crippen LogP) is 2.61. The first kappa shape index (κ1) is 19.4. The molecule has 31 heavy (non-hydrogen) atoms. The SMILES string of the molecule is CN(C[C@]1(O)CCCN(c2ccnc3cccnc23)C1)C(=O)c1ccc2nc[nH]c2c1. The molecule has 1 atom stereocenters. The van der Waals surface area contributed by atoms with Gasteiger partial charge in [-0.05, 0) is 49.2 Å². The van der Waals surface area contributed by atoms with E-state index in [0.29, 0.717) is 18.5 Å². The van der Waals surface area contributed by atoms with E-state index in [0.717, 1.165) is 40.7 Å². The van der Waals surface area contributed by atoms with Crippen molar-refractivity contribution in [3.8, 4) is 0 Å². The highest BCUT2D eigenvalue weighted by Gasteiger charge is 2.36. The molecule has 0 aliphatic carbocycles. The van der Waals surface area contributed by atoms with Crippen molar-refractivity contribution < 1.29 is 9.90 Å². The van der Waals surface area contributed by atoms with Gasteiger partial charge in [0.15, 0.2) is 0 Å². The Bertz CT molecular complexity index is 1250. The minimum atomic E-state index is -1.01. The maximum atomic E-state index is 13.0. The second-order valence-electron chi connectivity index (χ2n) is 8.25. The van der Waals surface area contributed by atoms with E-state index < -0.39 is 5.60 Å². The van der Waals surface area contributed by atoms with Crippen LogP contribution in [0.5, 0.6) is 0 Å². The van der Waals surface area contributed by atoms with Gasteiger partial charge in [-0.1, -0.05) is 0 Å². The molecule has 1 aliphatic heterocycles. The number of piperidine rings is 1. The Morgan fingerprint density at radius 2 is 2.10 bits per heavy atom. The average Bonchev–Trinajstić information content (AvgIpc) is 3.26. The van der Waals surface area contributed by atoms with Gasteiger partial charge < -0.3 is 19.9 Å². The number of nitrogens with zero attached hydrogens (tertiary/aromatic N) is 5. The number of hydrogen-bond donors (Lipinski definition) is 2. The Kier molecular flexibility index (Phi) is 4.78. The van der Waals surface area contributed by atoms with Crippen molar-refractivity contribution in [1.82, 2.24) is 24.8 Å². The summed E-state index contributed by atoms with van der Waals surface area (Å²) in [7, 11) is 1.74. The fourth-order valence-corrected chi connectivity index (χ4v) is 4.47. The summed E-state index contributed by atoms with van der Waals surface area (Å²) in [5.41, 5.74) is 3.81. The molecule has 4 heterocycles. The quantitative estimate of drug-likeness (QED) is 0.531. The Balaban J connectivity index is 1.35. The number of rotatable bonds is 4. The van der Waals surface area contributed by atoms with Crippen LogP contribution in [0.2, 0.25) is 0 Å². The Hall–Kier alpha value is -3.52. The van der Waals surface area contributed by atoms with Crippen LogP contribution in [0.4, 0.5) is 5.69 Å². The van der Waals surface area contributed by atoms with E-state index in [1.807, 2.05) is 24.3 Å². The maximum absolute atomic E-state index is 13.0. The first-order valence-electron chi connectivity index (χ1n) is 10.4. The highest BCUT2D eigenvalue weighted by molar-refractivity contribution is 5.97. The number of anilines is 1. The third-order valence-corrected chi connectivity index (χ3v) is 5.92. The predicted molar refractivity (Wildman–Crippen MR) is 119 cm³/mol. The fraction of sp³-hybridized carbons (Fsp3) is 0.304. The van der Waals surface area contributed by atoms with Crippen LogP contribution < -0.4 is 4.90 Å². The van der Waals surface area contributed by atoms with Gasteiger partial charge in [0.1, 0.15) is 5.52 Å². The number of nitrogens with one attached hydrogen (secondary N) is 1. The number of carbonyl (C=O) groups excluding carboxylic acids is 1. The molecular weight excluding hydrogens is 392 g/mol. The zero-order chi connectivity index (χ0) is 21.4. The van der Waals surface area contributed by atoms with Crippen LogP contribution in [0.25, 0.3) is 22.1 Å². The number of aromatic nitrogens is 4. The number of imidazole rings is 1. The monoisotopic (exact) mass is 416 g/mol. The summed E-state index contributed by atoms with van der Waals surface area (Å²) in [4.78, 5) is 32.9. The number of β-amino-alcohol motifs (C(OH)–C–C–N with tert-alkyl or cyclic N) is 1. The molecule has 1 aromatic carbocycles. The lowest BCUT2D eigenvalue weighted by atomic mass is 9.91. The standard InChI is InChI=1S/C23H24N6O2/c1-28(22(30)16-5-6-17-19(12-16)27-15-26-17)13-23(31)8-3-11-29(14-23)20-7-10-24-18-4-2-9-25-21(18)20/h2,4-7,9-10,12,15,31H,3,8,11,13-14H2,1H3,(H,26,27)/t23-/m1/s1. The number of aromatic amines is 1. The van der Waals surface area contributed by atoms with Crippen molar-refractivity contribution in [3.05, 3.63) is 60.7 Å². The molecular formula is C23H24N6O2. The summed E-state index contributed by atoms with van der Waals surface area (Å²) in [5, 5.41) is 11.4. The molecule has 0 bridgehead atoms. The Labute approximate surface area is 179 Å². The summed E-state index contributed by atoms with van der Waals surface area (Å²) in [6.45, 7) is 1.51. The van der Waals surface area contributed by atoms with Crippen molar-refractivity contribution in [2.75, 3.05) is 31.6 Å². The minimum absolute atomic E-state index is 0.127. The van der Waals surface area contributed by atoms with Crippen molar-refractivity contribution in [2.45, 2.75) is 18.4 Å². The molecule has 8 heteroatoms. The normalized spacial score (nSPS) is 19.1. The van der Waals surface area contributed by atoms with Crippen LogP contribution in [0, 0.1) is 0 Å². The molecule has 3 aromatic heterocycles. The topological polar surface area (TPSA) is 98.2 Å². The van der Waals surface area contributed by atoms with Gasteiger partial charge in [-0.25, -0.2) is 4.98 Å². The van der Waals surface area contributed by atoms with Crippen LogP contribution >= 0.6 is 0 Å². The molecule has 158 valence electrons. The lowest BCUT2D eigenvalue weighted by Crippen LogP contribution is -2.54. The third kappa shape index (κ3) is 3.70. The molecule has 0 spiro atoms. The smallest absolute Gasteiger partial charge is 0.253 e. The number of pyridine rings is 2. The second-order valence-corrected chi connectivity index (χ2v) is 8.25. The van der Waals surface area contributed by atoms with Gasteiger partial charge in [0.2, 0.25) is 0 Å². The first-order chi connectivity index (χ1) is 15.0. The number of carbonyl (C=O) groups is 1. The fourth-order valence-electron chi connectivity index (χ4n) is 4.47. The molecule has 1 aliphatic rings. The maximum Gasteiger partial charge on any atom is 0.253 e. The van der Waals surface area contributed by atoms with E-state index >= 15 is 0 Å². The molecule has 0 saturated carbocycles. The number of hydrogen-bond acceptors (Lipinski definition) is 6. The molecule has 4 aromatic rings. The molecule has 0 radical (unpaired) electrons. The highest BCUT2D eigenvalue weighted by atomic mass is 16.3. The zero-order valence-electron chi connectivity index (χ0n) is 17.3. The van der Waals surface area contributed by atoms with E-state index in [1.54, 1.807) is 42.8 Å². The lowest BCUT2D eigenvalue weighted by molar-refractivity contribution is 0.0000674. The van der Waals surface area contributed by atoms with Gasteiger partial charge in [-0.3, -0.25) is 14.8 Å². The van der Waals surface area contributed by atoms with Crippen LogP contribution in [-0.4, -0.2) is 68.1 Å². The summed E-state index contributed by atoms with van der Waals surface area (Å²) >= 11 is 0. The number of aliphatic hydroxyl groups is 1. The lowest BCUT2D eigenvalue weighted by Gasteiger charge is -2.42. The minimum Gasteiger partial charge on any atom is -0.386 e. The molecule has 2 N–H and O–H groups in total. The van der Waals surface area contributed by atoms with Crippen molar-refractivity contribution in [3.63, 3.8) is 0 Å². The highest BCUT2D eigenvalue weighted by Crippen LogP contribution is 2.30. The second kappa shape index (κ2) is 7.63. The summed E-state index contributed by atoms with van der Waals surface area (Å²) in [6.07, 6.45) is 6.60. The van der Waals surface area contributed by atoms with E-state index in [9.17, 15) is 9.90 Å². The number of benzene rings is 1. The van der Waals surface area contributed by atoms with E-state index in [-0.39, 0.29) is 12.5 Å². The van der Waals surface area contributed by atoms with Gasteiger partial charge in [-0.15, -0.1) is 0 Å². The molecule has 1 saturated heterocycles. The van der Waals surface area contributed by atoms with Gasteiger partial charge in [0.25, 0.3) is 5.91 Å².